The van der Waals surface area contributed by atoms with Gasteiger partial charge in [0.1, 0.15) is 12.3 Å². The lowest BCUT2D eigenvalue weighted by Gasteiger charge is -2.11. The first kappa shape index (κ1) is 6.79. The Kier molecular flexibility index (Phi) is 1.85. The summed E-state index contributed by atoms with van der Waals surface area (Å²) in [7, 11) is 0. The van der Waals surface area contributed by atoms with Crippen molar-refractivity contribution in [2.75, 3.05) is 32.9 Å². The van der Waals surface area contributed by atoms with Crippen LogP contribution in [0.4, 0.5) is 0 Å². The van der Waals surface area contributed by atoms with Crippen LogP contribution >= 0.6 is 0 Å². The van der Waals surface area contributed by atoms with Crippen molar-refractivity contribution in [1.82, 2.24) is 0 Å². The Hall–Kier alpha value is -0.900. The lowest BCUT2D eigenvalue weighted by molar-refractivity contribution is 0.171. The maximum Gasteiger partial charge on any atom is 0.233 e. The Balaban J connectivity index is 2.07. The van der Waals surface area contributed by atoms with E-state index in [4.69, 9.17) is 9.47 Å². The molecule has 0 radical (unpaired) electrons. The Morgan fingerprint density at radius 1 is 1.09 bits per heavy atom. The topological polar surface area (TPSA) is 43.2 Å². The van der Waals surface area contributed by atoms with Crippen LogP contribution in [0, 0.1) is 0 Å². The molecule has 2 aliphatic rings. The zero-order chi connectivity index (χ0) is 7.52. The second kappa shape index (κ2) is 3.00. The number of rotatable bonds is 1. The molecule has 2 rings (SSSR count). The molecule has 0 saturated heterocycles. The first-order chi connectivity index (χ1) is 5.47. The van der Waals surface area contributed by atoms with Gasteiger partial charge in [-0.25, -0.2) is 4.99 Å². The van der Waals surface area contributed by atoms with E-state index in [2.05, 4.69) is 9.98 Å². The molecule has 0 saturated carbocycles. The van der Waals surface area contributed by atoms with Crippen molar-refractivity contribution in [3.05, 3.63) is 0 Å². The minimum absolute atomic E-state index is 0.554. The molecule has 0 bridgehead atoms. The second-order valence-corrected chi connectivity index (χ2v) is 2.42. The third-order valence-corrected chi connectivity index (χ3v) is 1.61. The Morgan fingerprint density at radius 2 is 2.00 bits per heavy atom. The molecule has 0 unspecified atom stereocenters. The summed E-state index contributed by atoms with van der Waals surface area (Å²) in [6.45, 7) is 3.45. The molecule has 2 heterocycles. The minimum atomic E-state index is 0.554. The summed E-state index contributed by atoms with van der Waals surface area (Å²) in [6.07, 6.45) is 0. The van der Waals surface area contributed by atoms with Gasteiger partial charge in [-0.2, -0.15) is 0 Å². The maximum absolute atomic E-state index is 5.23. The summed E-state index contributed by atoms with van der Waals surface area (Å²) in [5, 5.41) is 0. The minimum Gasteiger partial charge on any atom is -0.475 e. The molecule has 0 amide bonds. The van der Waals surface area contributed by atoms with Crippen LogP contribution in [0.3, 0.4) is 0 Å². The number of nitrogens with zero attached hydrogens (tertiary/aromatic N) is 2. The van der Waals surface area contributed by atoms with Crippen molar-refractivity contribution >= 4 is 11.6 Å². The standard InChI is InChI=1S/C7H10N2O2/c1-3-10-5-6(8-1)7-9-2-4-11-7/h1-5H2. The van der Waals surface area contributed by atoms with Crippen LogP contribution in [-0.4, -0.2) is 44.5 Å². The summed E-state index contributed by atoms with van der Waals surface area (Å²) in [6, 6.07) is 0. The number of hydrogen-bond donors (Lipinski definition) is 0. The summed E-state index contributed by atoms with van der Waals surface area (Å²) in [5.74, 6) is 0.685. The fraction of sp³-hybridized carbons (Fsp3) is 0.714. The molecule has 0 aromatic rings. The molecule has 60 valence electrons. The van der Waals surface area contributed by atoms with Crippen LogP contribution in [0.2, 0.25) is 0 Å². The van der Waals surface area contributed by atoms with E-state index in [-0.39, 0.29) is 0 Å². The highest BCUT2D eigenvalue weighted by Gasteiger charge is 2.16. The van der Waals surface area contributed by atoms with Gasteiger partial charge in [-0.05, 0) is 0 Å². The molecule has 0 aliphatic carbocycles. The van der Waals surface area contributed by atoms with Gasteiger partial charge in [0, 0.05) is 0 Å². The summed E-state index contributed by atoms with van der Waals surface area (Å²) < 4.78 is 10.4. The van der Waals surface area contributed by atoms with Gasteiger partial charge in [-0.15, -0.1) is 0 Å². The molecule has 0 spiro atoms. The van der Waals surface area contributed by atoms with E-state index >= 15 is 0 Å². The van der Waals surface area contributed by atoms with Crippen LogP contribution < -0.4 is 0 Å². The van der Waals surface area contributed by atoms with Gasteiger partial charge < -0.3 is 9.47 Å². The van der Waals surface area contributed by atoms with Gasteiger partial charge in [-0.3, -0.25) is 4.99 Å². The molecule has 2 aliphatic heterocycles. The molecule has 4 heteroatoms. The van der Waals surface area contributed by atoms with E-state index in [0.717, 1.165) is 25.4 Å². The second-order valence-electron chi connectivity index (χ2n) is 2.42. The molecular formula is C7H10N2O2. The highest BCUT2D eigenvalue weighted by molar-refractivity contribution is 6.40. The monoisotopic (exact) mass is 154 g/mol. The van der Waals surface area contributed by atoms with Crippen molar-refractivity contribution in [2.45, 2.75) is 0 Å². The fourth-order valence-electron chi connectivity index (χ4n) is 1.10. The molecule has 0 aromatic heterocycles. The van der Waals surface area contributed by atoms with Crippen molar-refractivity contribution < 1.29 is 9.47 Å². The number of aliphatic imine (C=N–C) groups is 2. The fourth-order valence-corrected chi connectivity index (χ4v) is 1.10. The molecule has 0 N–H and O–H groups in total. The van der Waals surface area contributed by atoms with Crippen molar-refractivity contribution in [1.29, 1.82) is 0 Å². The van der Waals surface area contributed by atoms with E-state index in [1.807, 2.05) is 0 Å². The Bertz CT molecular complexity index is 210. The number of hydrogen-bond acceptors (Lipinski definition) is 4. The van der Waals surface area contributed by atoms with Crippen LogP contribution in [-0.2, 0) is 9.47 Å². The van der Waals surface area contributed by atoms with Gasteiger partial charge in [-0.1, -0.05) is 0 Å². The van der Waals surface area contributed by atoms with Gasteiger partial charge in [0.25, 0.3) is 0 Å². The predicted molar refractivity (Wildman–Crippen MR) is 41.4 cm³/mol. The highest BCUT2D eigenvalue weighted by atomic mass is 16.5. The van der Waals surface area contributed by atoms with Crippen LogP contribution in [0.15, 0.2) is 9.98 Å². The normalized spacial score (nSPS) is 24.0. The number of ether oxygens (including phenoxy) is 2. The average molecular weight is 154 g/mol. The summed E-state index contributed by atoms with van der Waals surface area (Å²) >= 11 is 0. The van der Waals surface area contributed by atoms with Crippen molar-refractivity contribution in [3.8, 4) is 0 Å². The van der Waals surface area contributed by atoms with E-state index < -0.39 is 0 Å². The lowest BCUT2D eigenvalue weighted by Crippen LogP contribution is -2.25. The Labute approximate surface area is 64.9 Å². The van der Waals surface area contributed by atoms with E-state index in [1.54, 1.807) is 0 Å². The quantitative estimate of drug-likeness (QED) is 0.528. The summed E-state index contributed by atoms with van der Waals surface area (Å²) in [5.41, 5.74) is 0.869. The van der Waals surface area contributed by atoms with Crippen LogP contribution in [0.5, 0.6) is 0 Å². The van der Waals surface area contributed by atoms with Crippen LogP contribution in [0.1, 0.15) is 0 Å². The maximum atomic E-state index is 5.23. The highest BCUT2D eigenvalue weighted by Crippen LogP contribution is 2.00. The van der Waals surface area contributed by atoms with Gasteiger partial charge >= 0.3 is 0 Å². The van der Waals surface area contributed by atoms with E-state index in [9.17, 15) is 0 Å². The van der Waals surface area contributed by atoms with E-state index in [0.29, 0.717) is 19.1 Å². The van der Waals surface area contributed by atoms with E-state index in [1.165, 1.54) is 0 Å². The first-order valence-electron chi connectivity index (χ1n) is 3.75. The smallest absolute Gasteiger partial charge is 0.233 e. The van der Waals surface area contributed by atoms with Crippen molar-refractivity contribution in [2.24, 2.45) is 9.98 Å². The Morgan fingerprint density at radius 3 is 2.64 bits per heavy atom. The third-order valence-electron chi connectivity index (χ3n) is 1.61. The molecule has 0 aromatic carbocycles. The summed E-state index contributed by atoms with van der Waals surface area (Å²) in [4.78, 5) is 8.39. The molecule has 0 atom stereocenters. The molecule has 0 fully saturated rings. The predicted octanol–water partition coefficient (Wildman–Crippen LogP) is -0.114. The molecule has 4 nitrogen and oxygen atoms in total. The van der Waals surface area contributed by atoms with Gasteiger partial charge in [0.05, 0.1) is 26.3 Å². The van der Waals surface area contributed by atoms with Gasteiger partial charge in [0.15, 0.2) is 0 Å². The molecular weight excluding hydrogens is 144 g/mol. The lowest BCUT2D eigenvalue weighted by atomic mass is 10.3. The SMILES string of the molecule is C1COCC(C2=NCCO2)=N1. The van der Waals surface area contributed by atoms with Gasteiger partial charge in [0.2, 0.25) is 5.90 Å². The zero-order valence-corrected chi connectivity index (χ0v) is 6.25. The average Bonchev–Trinajstić information content (AvgIpc) is 2.58. The third kappa shape index (κ3) is 1.40. The zero-order valence-electron chi connectivity index (χ0n) is 6.25. The van der Waals surface area contributed by atoms with Crippen LogP contribution in [0.25, 0.3) is 0 Å². The first-order valence-corrected chi connectivity index (χ1v) is 3.75. The molecule has 11 heavy (non-hydrogen) atoms. The largest absolute Gasteiger partial charge is 0.475 e. The van der Waals surface area contributed by atoms with Crippen molar-refractivity contribution in [3.63, 3.8) is 0 Å².